The normalized spacial score (nSPS) is 22.3. The molecule has 0 aromatic heterocycles. The van der Waals surface area contributed by atoms with Crippen molar-refractivity contribution in [1.29, 1.82) is 0 Å². The van der Waals surface area contributed by atoms with E-state index in [4.69, 9.17) is 4.74 Å². The number of carbonyl (C=O) groups excluding carboxylic acids is 1. The van der Waals surface area contributed by atoms with Crippen molar-refractivity contribution in [3.8, 4) is 0 Å². The molecule has 3 heteroatoms. The fraction of sp³-hybridized carbons (Fsp3) is 0.250. The van der Waals surface area contributed by atoms with Gasteiger partial charge in [-0.2, -0.15) is 0 Å². The molecule has 2 aromatic carbocycles. The Morgan fingerprint density at radius 1 is 1.00 bits per heavy atom. The molecule has 0 spiro atoms. The van der Waals surface area contributed by atoms with E-state index in [1.165, 1.54) is 0 Å². The lowest BCUT2D eigenvalue weighted by atomic mass is 9.94. The second-order valence-corrected chi connectivity index (χ2v) is 5.74. The number of amides is 1. The molecule has 1 heterocycles. The van der Waals surface area contributed by atoms with Crippen molar-refractivity contribution >= 4 is 6.09 Å². The maximum Gasteiger partial charge on any atom is 0.411 e. The molecular formula is C20H21NO2. The molecule has 0 unspecified atom stereocenters. The van der Waals surface area contributed by atoms with Crippen LogP contribution < -0.4 is 0 Å². The molecule has 1 fully saturated rings. The molecule has 3 rings (SSSR count). The number of rotatable bonds is 4. The van der Waals surface area contributed by atoms with E-state index in [1.807, 2.05) is 79.4 Å². The third-order valence-electron chi connectivity index (χ3n) is 4.20. The van der Waals surface area contributed by atoms with Crippen LogP contribution in [0.2, 0.25) is 0 Å². The van der Waals surface area contributed by atoms with Crippen molar-refractivity contribution in [2.45, 2.75) is 32.0 Å². The molecule has 1 saturated heterocycles. The van der Waals surface area contributed by atoms with Gasteiger partial charge in [0.15, 0.2) is 6.10 Å². The van der Waals surface area contributed by atoms with E-state index in [2.05, 4.69) is 12.1 Å². The van der Waals surface area contributed by atoms with Crippen LogP contribution in [0.1, 0.15) is 37.1 Å². The Hall–Kier alpha value is -2.55. The zero-order valence-corrected chi connectivity index (χ0v) is 13.4. The topological polar surface area (TPSA) is 29.5 Å². The summed E-state index contributed by atoms with van der Waals surface area (Å²) < 4.78 is 5.75. The van der Waals surface area contributed by atoms with Crippen molar-refractivity contribution in [2.75, 3.05) is 0 Å². The summed E-state index contributed by atoms with van der Waals surface area (Å²) in [6, 6.07) is 19.9. The average molecular weight is 307 g/mol. The largest absolute Gasteiger partial charge is 0.439 e. The molecule has 0 radical (unpaired) electrons. The first-order valence-electron chi connectivity index (χ1n) is 7.94. The molecule has 23 heavy (non-hydrogen) atoms. The summed E-state index contributed by atoms with van der Waals surface area (Å²) in [6.07, 6.45) is 3.43. The van der Waals surface area contributed by atoms with Gasteiger partial charge in [0.05, 0.1) is 6.04 Å². The zero-order valence-electron chi connectivity index (χ0n) is 13.4. The lowest BCUT2D eigenvalue weighted by Crippen LogP contribution is -2.35. The minimum Gasteiger partial charge on any atom is -0.439 e. The first-order chi connectivity index (χ1) is 11.2. The Labute approximate surface area is 137 Å². The lowest BCUT2D eigenvalue weighted by molar-refractivity contribution is 0.129. The van der Waals surface area contributed by atoms with Gasteiger partial charge in [-0.3, -0.25) is 4.90 Å². The summed E-state index contributed by atoms with van der Waals surface area (Å²) >= 11 is 0. The molecule has 1 aliphatic rings. The van der Waals surface area contributed by atoms with Crippen molar-refractivity contribution in [1.82, 2.24) is 4.90 Å². The van der Waals surface area contributed by atoms with Crippen molar-refractivity contribution < 1.29 is 9.53 Å². The van der Waals surface area contributed by atoms with E-state index in [0.29, 0.717) is 0 Å². The fourth-order valence-electron chi connectivity index (χ4n) is 3.16. The van der Waals surface area contributed by atoms with E-state index < -0.39 is 0 Å². The Bertz CT molecular complexity index is 681. The minimum absolute atomic E-state index is 0.0218. The van der Waals surface area contributed by atoms with Crippen LogP contribution in [-0.4, -0.2) is 17.0 Å². The minimum atomic E-state index is -0.293. The summed E-state index contributed by atoms with van der Waals surface area (Å²) in [5.41, 5.74) is 2.11. The maximum absolute atomic E-state index is 12.5. The number of nitrogens with zero attached hydrogens (tertiary/aromatic N) is 1. The molecule has 0 N–H and O–H groups in total. The van der Waals surface area contributed by atoms with E-state index in [-0.39, 0.29) is 24.3 Å². The molecular weight excluding hydrogens is 286 g/mol. The van der Waals surface area contributed by atoms with Crippen molar-refractivity contribution in [2.24, 2.45) is 0 Å². The number of hydrogen-bond acceptors (Lipinski definition) is 2. The van der Waals surface area contributed by atoms with Crippen LogP contribution in [0.4, 0.5) is 4.79 Å². The van der Waals surface area contributed by atoms with Gasteiger partial charge in [-0.05, 0) is 25.0 Å². The van der Waals surface area contributed by atoms with Crippen LogP contribution in [0.3, 0.4) is 0 Å². The summed E-state index contributed by atoms with van der Waals surface area (Å²) in [6.45, 7) is 3.98. The van der Waals surface area contributed by atoms with Crippen LogP contribution in [0.5, 0.6) is 0 Å². The quantitative estimate of drug-likeness (QED) is 0.753. The van der Waals surface area contributed by atoms with Crippen molar-refractivity contribution in [3.05, 3.63) is 83.9 Å². The number of cyclic esters (lactones) is 1. The van der Waals surface area contributed by atoms with Gasteiger partial charge in [0, 0.05) is 0 Å². The maximum atomic E-state index is 12.5. The van der Waals surface area contributed by atoms with E-state index in [9.17, 15) is 4.79 Å². The second-order valence-electron chi connectivity index (χ2n) is 5.74. The number of allylic oxidation sites excluding steroid dienone is 1. The van der Waals surface area contributed by atoms with Crippen LogP contribution in [0.15, 0.2) is 72.8 Å². The van der Waals surface area contributed by atoms with Crippen LogP contribution >= 0.6 is 0 Å². The summed E-state index contributed by atoms with van der Waals surface area (Å²) in [5.74, 6) is 0. The highest BCUT2D eigenvalue weighted by Gasteiger charge is 2.44. The Morgan fingerprint density at radius 2 is 1.57 bits per heavy atom. The van der Waals surface area contributed by atoms with Gasteiger partial charge in [0.2, 0.25) is 0 Å². The van der Waals surface area contributed by atoms with E-state index in [1.54, 1.807) is 0 Å². The Kier molecular flexibility index (Phi) is 4.47. The Balaban J connectivity index is 2.05. The number of hydrogen-bond donors (Lipinski definition) is 0. The van der Waals surface area contributed by atoms with Gasteiger partial charge in [0.25, 0.3) is 0 Å². The van der Waals surface area contributed by atoms with Crippen LogP contribution in [0, 0.1) is 0 Å². The highest BCUT2D eigenvalue weighted by atomic mass is 16.6. The summed E-state index contributed by atoms with van der Waals surface area (Å²) in [7, 11) is 0. The molecule has 0 saturated carbocycles. The molecule has 3 atom stereocenters. The molecule has 1 aliphatic heterocycles. The summed E-state index contributed by atoms with van der Waals surface area (Å²) in [4.78, 5) is 14.4. The van der Waals surface area contributed by atoms with Gasteiger partial charge in [-0.15, -0.1) is 0 Å². The first-order valence-corrected chi connectivity index (χ1v) is 7.94. The monoisotopic (exact) mass is 307 g/mol. The third-order valence-corrected chi connectivity index (χ3v) is 4.20. The van der Waals surface area contributed by atoms with Gasteiger partial charge < -0.3 is 4.74 Å². The average Bonchev–Trinajstić information content (AvgIpc) is 2.94. The highest BCUT2D eigenvalue weighted by molar-refractivity contribution is 5.72. The Morgan fingerprint density at radius 3 is 2.13 bits per heavy atom. The predicted molar refractivity (Wildman–Crippen MR) is 91.0 cm³/mol. The fourth-order valence-corrected chi connectivity index (χ4v) is 3.16. The predicted octanol–water partition coefficient (Wildman–Crippen LogP) is 4.89. The van der Waals surface area contributed by atoms with Crippen LogP contribution in [0.25, 0.3) is 0 Å². The van der Waals surface area contributed by atoms with Gasteiger partial charge >= 0.3 is 6.09 Å². The molecule has 0 aliphatic carbocycles. The lowest BCUT2D eigenvalue weighted by Gasteiger charge is -2.28. The standard InChI is InChI=1S/C20H21NO2/c1-3-10-15(2)21-18(16-11-6-4-7-12-16)19(23-20(21)22)17-13-8-5-9-14-17/h3-15,18-19H,1-2H3/b10-3+/t15-,18+,19-/m1/s1. The van der Waals surface area contributed by atoms with Crippen LogP contribution in [-0.2, 0) is 4.74 Å². The van der Waals surface area contributed by atoms with E-state index >= 15 is 0 Å². The molecule has 0 bridgehead atoms. The number of benzene rings is 2. The van der Waals surface area contributed by atoms with Gasteiger partial charge in [-0.1, -0.05) is 72.8 Å². The van der Waals surface area contributed by atoms with E-state index in [0.717, 1.165) is 11.1 Å². The molecule has 2 aromatic rings. The highest BCUT2D eigenvalue weighted by Crippen LogP contribution is 2.44. The SMILES string of the molecule is C/C=C/[C@@H](C)N1C(=O)O[C@H](c2ccccc2)[C@@H]1c1ccccc1. The molecule has 3 nitrogen and oxygen atoms in total. The smallest absolute Gasteiger partial charge is 0.411 e. The second kappa shape index (κ2) is 6.69. The van der Waals surface area contributed by atoms with Gasteiger partial charge in [0.1, 0.15) is 6.04 Å². The molecule has 118 valence electrons. The van der Waals surface area contributed by atoms with Gasteiger partial charge in [-0.25, -0.2) is 4.79 Å². The molecule has 1 amide bonds. The van der Waals surface area contributed by atoms with Crippen molar-refractivity contribution in [3.63, 3.8) is 0 Å². The number of carbonyl (C=O) groups is 1. The zero-order chi connectivity index (χ0) is 16.2. The first kappa shape index (κ1) is 15.3. The number of ether oxygens (including phenoxy) is 1. The third kappa shape index (κ3) is 3.00. The summed E-state index contributed by atoms with van der Waals surface area (Å²) in [5, 5.41) is 0.